The number of aliphatic hydroxyl groups is 1. The van der Waals surface area contributed by atoms with E-state index in [9.17, 15) is 5.11 Å². The Kier molecular flexibility index (Phi) is 5.73. The summed E-state index contributed by atoms with van der Waals surface area (Å²) < 4.78 is 0. The third kappa shape index (κ3) is 3.72. The van der Waals surface area contributed by atoms with Crippen molar-refractivity contribution in [3.8, 4) is 0 Å². The predicted octanol–water partition coefficient (Wildman–Crippen LogP) is 1.47. The number of nitrogens with one attached hydrogen (secondary N) is 1. The lowest BCUT2D eigenvalue weighted by Crippen LogP contribution is -2.60. The Hall–Kier alpha value is -0.120. The van der Waals surface area contributed by atoms with Crippen LogP contribution in [0.25, 0.3) is 0 Å². The topological polar surface area (TPSA) is 35.5 Å². The van der Waals surface area contributed by atoms with Crippen molar-refractivity contribution in [3.63, 3.8) is 0 Å². The Labute approximate surface area is 100 Å². The van der Waals surface area contributed by atoms with Crippen molar-refractivity contribution in [1.82, 2.24) is 10.2 Å². The van der Waals surface area contributed by atoms with E-state index >= 15 is 0 Å². The van der Waals surface area contributed by atoms with Gasteiger partial charge in [0.05, 0.1) is 6.61 Å². The number of aliphatic hydroxyl groups excluding tert-OH is 1. The van der Waals surface area contributed by atoms with Crippen LogP contribution in [0.15, 0.2) is 0 Å². The van der Waals surface area contributed by atoms with Crippen LogP contribution >= 0.6 is 0 Å². The van der Waals surface area contributed by atoms with Gasteiger partial charge in [-0.1, -0.05) is 20.8 Å². The fourth-order valence-electron chi connectivity index (χ4n) is 2.56. The van der Waals surface area contributed by atoms with Gasteiger partial charge in [-0.05, 0) is 25.7 Å². The van der Waals surface area contributed by atoms with E-state index in [4.69, 9.17) is 0 Å². The van der Waals surface area contributed by atoms with Crippen molar-refractivity contribution >= 4 is 0 Å². The molecule has 3 atom stereocenters. The van der Waals surface area contributed by atoms with Crippen LogP contribution in [0.3, 0.4) is 0 Å². The lowest BCUT2D eigenvalue weighted by Gasteiger charge is -2.43. The second kappa shape index (κ2) is 6.58. The Balaban J connectivity index is 2.54. The van der Waals surface area contributed by atoms with Crippen LogP contribution in [0, 0.1) is 5.92 Å². The van der Waals surface area contributed by atoms with Crippen LogP contribution < -0.4 is 5.32 Å². The van der Waals surface area contributed by atoms with E-state index in [2.05, 4.69) is 37.9 Å². The lowest BCUT2D eigenvalue weighted by atomic mass is 9.98. The first kappa shape index (κ1) is 13.9. The number of hydrogen-bond acceptors (Lipinski definition) is 3. The smallest absolute Gasteiger partial charge is 0.0599 e. The van der Waals surface area contributed by atoms with Crippen LogP contribution in [0.2, 0.25) is 0 Å². The number of hydrogen-bond donors (Lipinski definition) is 2. The Morgan fingerprint density at radius 3 is 2.56 bits per heavy atom. The van der Waals surface area contributed by atoms with Crippen LogP contribution in [-0.4, -0.2) is 47.8 Å². The van der Waals surface area contributed by atoms with Gasteiger partial charge in [-0.15, -0.1) is 0 Å². The number of piperazine rings is 1. The lowest BCUT2D eigenvalue weighted by molar-refractivity contribution is 0.0454. The zero-order valence-corrected chi connectivity index (χ0v) is 11.2. The number of nitrogens with zero attached hydrogens (tertiary/aromatic N) is 1. The Morgan fingerprint density at radius 2 is 2.06 bits per heavy atom. The molecule has 0 aromatic rings. The summed E-state index contributed by atoms with van der Waals surface area (Å²) in [5.41, 5.74) is 0. The summed E-state index contributed by atoms with van der Waals surface area (Å²) in [4.78, 5) is 2.48. The molecule has 3 nitrogen and oxygen atoms in total. The molecule has 0 saturated carbocycles. The molecule has 1 aliphatic rings. The molecule has 1 fully saturated rings. The maximum absolute atomic E-state index is 9.39. The van der Waals surface area contributed by atoms with E-state index in [1.54, 1.807) is 0 Å². The summed E-state index contributed by atoms with van der Waals surface area (Å²) in [6, 6.07) is 1.48. The normalized spacial score (nSPS) is 29.6. The van der Waals surface area contributed by atoms with E-state index < -0.39 is 0 Å². The van der Waals surface area contributed by atoms with Crippen LogP contribution in [0.1, 0.15) is 40.5 Å². The molecule has 1 saturated heterocycles. The molecular formula is C13H28N2O. The quantitative estimate of drug-likeness (QED) is 0.748. The maximum atomic E-state index is 9.39. The van der Waals surface area contributed by atoms with Crippen molar-refractivity contribution in [2.45, 2.75) is 58.7 Å². The summed E-state index contributed by atoms with van der Waals surface area (Å²) >= 11 is 0. The summed E-state index contributed by atoms with van der Waals surface area (Å²) in [6.07, 6.45) is 2.38. The predicted molar refractivity (Wildman–Crippen MR) is 68.6 cm³/mol. The zero-order chi connectivity index (χ0) is 12.1. The molecule has 3 unspecified atom stereocenters. The highest BCUT2D eigenvalue weighted by Crippen LogP contribution is 2.17. The highest BCUT2D eigenvalue weighted by Gasteiger charge is 2.29. The molecule has 0 aliphatic carbocycles. The third-order valence-corrected chi connectivity index (χ3v) is 3.67. The molecule has 16 heavy (non-hydrogen) atoms. The van der Waals surface area contributed by atoms with Crippen LogP contribution in [-0.2, 0) is 0 Å². The summed E-state index contributed by atoms with van der Waals surface area (Å²) in [5, 5.41) is 13.0. The molecule has 0 aromatic heterocycles. The average molecular weight is 228 g/mol. The molecule has 0 bridgehead atoms. The first-order valence-corrected chi connectivity index (χ1v) is 6.68. The summed E-state index contributed by atoms with van der Waals surface area (Å²) in [5.74, 6) is 0.738. The molecule has 1 aliphatic heterocycles. The number of rotatable bonds is 5. The van der Waals surface area contributed by atoms with Gasteiger partial charge in [-0.3, -0.25) is 4.90 Å². The second-order valence-electron chi connectivity index (χ2n) is 5.53. The second-order valence-corrected chi connectivity index (χ2v) is 5.53. The Morgan fingerprint density at radius 1 is 1.38 bits per heavy atom. The van der Waals surface area contributed by atoms with Gasteiger partial charge >= 0.3 is 0 Å². The highest BCUT2D eigenvalue weighted by atomic mass is 16.3. The van der Waals surface area contributed by atoms with E-state index in [-0.39, 0.29) is 6.61 Å². The summed E-state index contributed by atoms with van der Waals surface area (Å²) in [6.45, 7) is 11.3. The van der Waals surface area contributed by atoms with E-state index in [0.717, 1.165) is 25.4 Å². The van der Waals surface area contributed by atoms with Crippen LogP contribution in [0.5, 0.6) is 0 Å². The van der Waals surface area contributed by atoms with Crippen molar-refractivity contribution in [2.24, 2.45) is 5.92 Å². The zero-order valence-electron chi connectivity index (χ0n) is 11.2. The molecule has 0 spiro atoms. The van der Waals surface area contributed by atoms with Gasteiger partial charge in [0, 0.05) is 31.2 Å². The minimum absolute atomic E-state index is 0.270. The van der Waals surface area contributed by atoms with Gasteiger partial charge in [-0.2, -0.15) is 0 Å². The minimum Gasteiger partial charge on any atom is -0.395 e. The monoisotopic (exact) mass is 228 g/mol. The third-order valence-electron chi connectivity index (χ3n) is 3.67. The van der Waals surface area contributed by atoms with Gasteiger partial charge in [0.1, 0.15) is 0 Å². The first-order chi connectivity index (χ1) is 7.58. The largest absolute Gasteiger partial charge is 0.395 e. The molecule has 0 aromatic carbocycles. The van der Waals surface area contributed by atoms with Crippen molar-refractivity contribution in [3.05, 3.63) is 0 Å². The fourth-order valence-corrected chi connectivity index (χ4v) is 2.56. The van der Waals surface area contributed by atoms with Gasteiger partial charge in [0.25, 0.3) is 0 Å². The van der Waals surface area contributed by atoms with Crippen molar-refractivity contribution < 1.29 is 5.11 Å². The van der Waals surface area contributed by atoms with Gasteiger partial charge in [0.15, 0.2) is 0 Å². The minimum atomic E-state index is 0.270. The van der Waals surface area contributed by atoms with Crippen molar-refractivity contribution in [1.29, 1.82) is 0 Å². The SMILES string of the molecule is CCC(C)N1CC(CC(C)C)NCC1CO. The van der Waals surface area contributed by atoms with Crippen LogP contribution in [0.4, 0.5) is 0 Å². The molecule has 3 heteroatoms. The van der Waals surface area contributed by atoms with Gasteiger partial charge < -0.3 is 10.4 Å². The first-order valence-electron chi connectivity index (χ1n) is 6.68. The molecule has 1 heterocycles. The summed E-state index contributed by atoms with van der Waals surface area (Å²) in [7, 11) is 0. The molecular weight excluding hydrogens is 200 g/mol. The van der Waals surface area contributed by atoms with E-state index in [1.807, 2.05) is 0 Å². The Bertz CT molecular complexity index is 196. The molecule has 2 N–H and O–H groups in total. The molecule has 96 valence electrons. The molecule has 0 amide bonds. The standard InChI is InChI=1S/C13H28N2O/c1-5-11(4)15-8-12(6-10(2)3)14-7-13(15)9-16/h10-14,16H,5-9H2,1-4H3. The van der Waals surface area contributed by atoms with E-state index in [0.29, 0.717) is 18.1 Å². The van der Waals surface area contributed by atoms with Gasteiger partial charge in [-0.25, -0.2) is 0 Å². The maximum Gasteiger partial charge on any atom is 0.0599 e. The van der Waals surface area contributed by atoms with Crippen molar-refractivity contribution in [2.75, 3.05) is 19.7 Å². The fraction of sp³-hybridized carbons (Fsp3) is 1.00. The molecule has 0 radical (unpaired) electrons. The highest BCUT2D eigenvalue weighted by molar-refractivity contribution is 4.88. The molecule has 1 rings (SSSR count). The van der Waals surface area contributed by atoms with Gasteiger partial charge in [0.2, 0.25) is 0 Å². The van der Waals surface area contributed by atoms with E-state index in [1.165, 1.54) is 6.42 Å². The average Bonchev–Trinajstić information content (AvgIpc) is 2.27.